The van der Waals surface area contributed by atoms with Crippen LogP contribution in [0.4, 0.5) is 0 Å². The molecule has 0 N–H and O–H groups in total. The van der Waals surface area contributed by atoms with Crippen LogP contribution in [0.15, 0.2) is 140 Å². The first-order chi connectivity index (χ1) is 17.9. The Morgan fingerprint density at radius 2 is 0.944 bits per heavy atom. The predicted molar refractivity (Wildman–Crippen MR) is 148 cm³/mol. The molecule has 7 rings (SSSR count). The molecular formula is C35H26Zr. The average molecular weight is 538 g/mol. The minimum atomic E-state index is -2.63. The van der Waals surface area contributed by atoms with Crippen LogP contribution in [-0.4, -0.2) is 3.21 Å². The molecule has 0 bridgehead atoms. The summed E-state index contributed by atoms with van der Waals surface area (Å²) in [5, 5.41) is 0. The molecule has 170 valence electrons. The van der Waals surface area contributed by atoms with Gasteiger partial charge in [-0.05, 0) is 0 Å². The number of rotatable bonds is 4. The van der Waals surface area contributed by atoms with Crippen molar-refractivity contribution in [3.8, 4) is 11.1 Å². The first-order valence-electron chi connectivity index (χ1n) is 12.7. The summed E-state index contributed by atoms with van der Waals surface area (Å²) >= 11 is -2.63. The van der Waals surface area contributed by atoms with Crippen molar-refractivity contribution in [1.82, 2.24) is 0 Å². The average Bonchev–Trinajstić information content (AvgIpc) is 3.52. The Balaban J connectivity index is 1.61. The van der Waals surface area contributed by atoms with Gasteiger partial charge in [0.2, 0.25) is 0 Å². The topological polar surface area (TPSA) is 0 Å². The van der Waals surface area contributed by atoms with Crippen molar-refractivity contribution in [2.24, 2.45) is 0 Å². The summed E-state index contributed by atoms with van der Waals surface area (Å²) in [6, 6.07) is 49.8. The molecule has 1 heteroatoms. The van der Waals surface area contributed by atoms with Crippen molar-refractivity contribution in [3.63, 3.8) is 0 Å². The van der Waals surface area contributed by atoms with E-state index in [2.05, 4.69) is 146 Å². The molecule has 2 aliphatic carbocycles. The van der Waals surface area contributed by atoms with Gasteiger partial charge >= 0.3 is 222 Å². The van der Waals surface area contributed by atoms with E-state index in [1.165, 1.54) is 44.5 Å². The Kier molecular flexibility index (Phi) is 5.60. The molecule has 5 aromatic carbocycles. The molecule has 0 spiro atoms. The molecule has 1 unspecified atom stereocenters. The van der Waals surface area contributed by atoms with Gasteiger partial charge in [-0.2, -0.15) is 0 Å². The molecule has 2 aliphatic rings. The Morgan fingerprint density at radius 1 is 0.472 bits per heavy atom. The van der Waals surface area contributed by atoms with Crippen LogP contribution in [-0.2, 0) is 21.3 Å². The summed E-state index contributed by atoms with van der Waals surface area (Å²) in [4.78, 5) is 0. The van der Waals surface area contributed by atoms with Crippen LogP contribution in [0.5, 0.6) is 0 Å². The number of hydrogen-bond acceptors (Lipinski definition) is 0. The maximum atomic E-state index is 2.54. The summed E-state index contributed by atoms with van der Waals surface area (Å²) in [5.74, 6) is 0. The van der Waals surface area contributed by atoms with Crippen LogP contribution < -0.4 is 0 Å². The SMILES string of the molecule is C1=C[CH]([Zr](=[C](c2ccccc2)c2ccccc2)[CH]2c3ccccc3-c3ccccc32)c2ccccc21. The molecule has 0 saturated heterocycles. The third-order valence-corrected chi connectivity index (χ3v) is 16.5. The zero-order valence-corrected chi connectivity index (χ0v) is 22.5. The van der Waals surface area contributed by atoms with Crippen LogP contribution in [0.1, 0.15) is 40.6 Å². The molecule has 0 fully saturated rings. The molecule has 1 atom stereocenters. The first kappa shape index (κ1) is 21.8. The van der Waals surface area contributed by atoms with Gasteiger partial charge in [0, 0.05) is 0 Å². The fourth-order valence-electron chi connectivity index (χ4n) is 6.20. The van der Waals surface area contributed by atoms with E-state index in [1.807, 2.05) is 0 Å². The van der Waals surface area contributed by atoms with Gasteiger partial charge in [-0.3, -0.25) is 0 Å². The molecule has 0 aromatic heterocycles. The number of hydrogen-bond donors (Lipinski definition) is 0. The van der Waals surface area contributed by atoms with E-state index in [4.69, 9.17) is 0 Å². The van der Waals surface area contributed by atoms with Crippen molar-refractivity contribution in [1.29, 1.82) is 0 Å². The minimum absolute atomic E-state index is 0.455. The summed E-state index contributed by atoms with van der Waals surface area (Å²) in [5.41, 5.74) is 11.6. The van der Waals surface area contributed by atoms with Gasteiger partial charge in [-0.15, -0.1) is 0 Å². The Hall–Kier alpha value is -3.41. The molecule has 36 heavy (non-hydrogen) atoms. The fraction of sp³-hybridized carbons (Fsp3) is 0.0571. The van der Waals surface area contributed by atoms with Gasteiger partial charge in [0.15, 0.2) is 0 Å². The van der Waals surface area contributed by atoms with Crippen molar-refractivity contribution in [2.75, 3.05) is 0 Å². The molecule has 5 aromatic rings. The molecule has 0 saturated carbocycles. The second-order valence-electron chi connectivity index (χ2n) is 9.64. The predicted octanol–water partition coefficient (Wildman–Crippen LogP) is 8.41. The standard InChI is InChI=1S/C13H9.C13H10.C9H7.Zr/c1-3-7-12-10(5-1)9-11-6-2-4-8-13(11)12;1-3-7-12(8-4-1)11-13-9-5-2-6-10-13;1-2-5-9-7-3-6-8(9)4-1;/h1-9H;1-10H;1-7H;. The second kappa shape index (κ2) is 9.23. The molecule has 0 nitrogen and oxygen atoms in total. The van der Waals surface area contributed by atoms with E-state index in [1.54, 1.807) is 3.21 Å². The first-order valence-corrected chi connectivity index (χ1v) is 16.8. The van der Waals surface area contributed by atoms with Crippen molar-refractivity contribution >= 4 is 9.28 Å². The van der Waals surface area contributed by atoms with E-state index in [0.29, 0.717) is 7.25 Å². The summed E-state index contributed by atoms with van der Waals surface area (Å²) < 4.78 is 2.54. The van der Waals surface area contributed by atoms with Gasteiger partial charge in [0.25, 0.3) is 0 Å². The number of fused-ring (bicyclic) bond motifs is 4. The quantitative estimate of drug-likeness (QED) is 0.216. The van der Waals surface area contributed by atoms with Gasteiger partial charge in [0.05, 0.1) is 0 Å². The molecule has 0 amide bonds. The van der Waals surface area contributed by atoms with Crippen molar-refractivity contribution in [2.45, 2.75) is 7.25 Å². The third-order valence-electron chi connectivity index (χ3n) is 7.69. The van der Waals surface area contributed by atoms with Crippen LogP contribution in [0.25, 0.3) is 17.2 Å². The van der Waals surface area contributed by atoms with Crippen molar-refractivity contribution < 1.29 is 21.3 Å². The van der Waals surface area contributed by atoms with E-state index in [-0.39, 0.29) is 0 Å². The summed E-state index contributed by atoms with van der Waals surface area (Å²) in [6.45, 7) is 0. The monoisotopic (exact) mass is 536 g/mol. The van der Waals surface area contributed by atoms with Crippen LogP contribution in [0.2, 0.25) is 0 Å². The van der Waals surface area contributed by atoms with Crippen LogP contribution in [0.3, 0.4) is 0 Å². The second-order valence-corrected chi connectivity index (χ2v) is 16.1. The molecule has 0 heterocycles. The molecule has 0 aliphatic heterocycles. The molecule has 0 radical (unpaired) electrons. The molecular weight excluding hydrogens is 512 g/mol. The Morgan fingerprint density at radius 3 is 1.53 bits per heavy atom. The van der Waals surface area contributed by atoms with E-state index in [9.17, 15) is 0 Å². The Bertz CT molecular complexity index is 1540. The normalized spacial score (nSPS) is 15.3. The third kappa shape index (κ3) is 3.57. The van der Waals surface area contributed by atoms with Gasteiger partial charge in [-0.1, -0.05) is 0 Å². The van der Waals surface area contributed by atoms with Gasteiger partial charge in [-0.25, -0.2) is 0 Å². The fourth-order valence-corrected chi connectivity index (χ4v) is 16.1. The van der Waals surface area contributed by atoms with Crippen molar-refractivity contribution in [3.05, 3.63) is 173 Å². The maximum absolute atomic E-state index is 2.63. The van der Waals surface area contributed by atoms with E-state index < -0.39 is 21.3 Å². The van der Waals surface area contributed by atoms with E-state index >= 15 is 0 Å². The Labute approximate surface area is 220 Å². The van der Waals surface area contributed by atoms with Crippen LogP contribution >= 0.6 is 0 Å². The van der Waals surface area contributed by atoms with Crippen LogP contribution in [0, 0.1) is 0 Å². The summed E-state index contributed by atoms with van der Waals surface area (Å²) in [6.07, 6.45) is 4.91. The van der Waals surface area contributed by atoms with Gasteiger partial charge in [0.1, 0.15) is 0 Å². The number of allylic oxidation sites excluding steroid dienone is 1. The number of benzene rings is 5. The zero-order chi connectivity index (χ0) is 23.9. The summed E-state index contributed by atoms with van der Waals surface area (Å²) in [7, 11) is 0. The van der Waals surface area contributed by atoms with E-state index in [0.717, 1.165) is 0 Å². The zero-order valence-electron chi connectivity index (χ0n) is 20.0. The van der Waals surface area contributed by atoms with Gasteiger partial charge < -0.3 is 0 Å².